The van der Waals surface area contributed by atoms with E-state index in [0.717, 1.165) is 38.8 Å². The van der Waals surface area contributed by atoms with Crippen molar-refractivity contribution < 1.29 is 13.2 Å². The number of hydrogen-bond donors (Lipinski definition) is 0. The van der Waals surface area contributed by atoms with Crippen LogP contribution >= 0.6 is 11.6 Å². The molecule has 3 rings (SSSR count). The van der Waals surface area contributed by atoms with Gasteiger partial charge >= 0.3 is 0 Å². The molecule has 1 unspecified atom stereocenters. The lowest BCUT2D eigenvalue weighted by Crippen LogP contribution is -2.56. The molecular formula is C19H28ClN3O3S. The van der Waals surface area contributed by atoms with Gasteiger partial charge in [-0.05, 0) is 50.6 Å². The van der Waals surface area contributed by atoms with Crippen molar-refractivity contribution in [2.45, 2.75) is 43.5 Å². The maximum Gasteiger partial charge on any atom is 0.243 e. The zero-order chi connectivity index (χ0) is 19.4. The largest absolute Gasteiger partial charge is 0.339 e. The molecule has 2 aliphatic rings. The van der Waals surface area contributed by atoms with E-state index in [-0.39, 0.29) is 16.8 Å². The lowest BCUT2D eigenvalue weighted by atomic mass is 10.0. The van der Waals surface area contributed by atoms with Gasteiger partial charge < -0.3 is 4.90 Å². The number of carbonyl (C=O) groups excluding carboxylic acids is 1. The molecule has 27 heavy (non-hydrogen) atoms. The van der Waals surface area contributed by atoms with Gasteiger partial charge in [0.1, 0.15) is 0 Å². The summed E-state index contributed by atoms with van der Waals surface area (Å²) in [5, 5.41) is 0.401. The van der Waals surface area contributed by atoms with E-state index in [1.807, 2.05) is 4.90 Å². The molecule has 0 aromatic heterocycles. The second kappa shape index (κ2) is 8.90. The number of hydrogen-bond acceptors (Lipinski definition) is 4. The van der Waals surface area contributed by atoms with Crippen LogP contribution in [0.3, 0.4) is 0 Å². The normalized spacial score (nSPS) is 22.7. The molecular weight excluding hydrogens is 386 g/mol. The summed E-state index contributed by atoms with van der Waals surface area (Å²) in [6, 6.07) is 6.28. The lowest BCUT2D eigenvalue weighted by Gasteiger charge is -2.40. The Morgan fingerprint density at radius 3 is 2.56 bits per heavy atom. The van der Waals surface area contributed by atoms with Crippen LogP contribution in [0.15, 0.2) is 29.2 Å². The van der Waals surface area contributed by atoms with Crippen molar-refractivity contribution in [1.82, 2.24) is 14.1 Å². The Morgan fingerprint density at radius 2 is 1.89 bits per heavy atom. The van der Waals surface area contributed by atoms with Crippen LogP contribution in [0.1, 0.15) is 32.6 Å². The summed E-state index contributed by atoms with van der Waals surface area (Å²) >= 11 is 5.94. The first-order valence-electron chi connectivity index (χ1n) is 9.72. The van der Waals surface area contributed by atoms with Crippen LogP contribution < -0.4 is 0 Å². The third-order valence-electron chi connectivity index (χ3n) is 5.39. The number of carbonyl (C=O) groups is 1. The number of likely N-dealkylation sites (tertiary alicyclic amines) is 1. The van der Waals surface area contributed by atoms with Gasteiger partial charge in [-0.15, -0.1) is 0 Å². The fraction of sp³-hybridized carbons (Fsp3) is 0.632. The van der Waals surface area contributed by atoms with E-state index >= 15 is 0 Å². The topological polar surface area (TPSA) is 60.9 Å². The number of sulfonamides is 1. The Morgan fingerprint density at radius 1 is 1.15 bits per heavy atom. The molecule has 1 aromatic rings. The fourth-order valence-electron chi connectivity index (χ4n) is 3.96. The predicted molar refractivity (Wildman–Crippen MR) is 106 cm³/mol. The quantitative estimate of drug-likeness (QED) is 0.743. The smallest absolute Gasteiger partial charge is 0.243 e. The average molecular weight is 414 g/mol. The SMILES string of the molecule is CCCN1CCCCC1C(=O)N1CCN(S(=O)(=O)c2cccc(Cl)c2)CC1. The first-order chi connectivity index (χ1) is 12.9. The highest BCUT2D eigenvalue weighted by atomic mass is 35.5. The van der Waals surface area contributed by atoms with Crippen LogP contribution in [0.25, 0.3) is 0 Å². The van der Waals surface area contributed by atoms with E-state index in [4.69, 9.17) is 11.6 Å². The van der Waals surface area contributed by atoms with E-state index in [1.54, 1.807) is 18.2 Å². The molecule has 2 heterocycles. The van der Waals surface area contributed by atoms with Gasteiger partial charge in [0.05, 0.1) is 10.9 Å². The van der Waals surface area contributed by atoms with Crippen LogP contribution in [0.4, 0.5) is 0 Å². The Kier molecular flexibility index (Phi) is 6.78. The Bertz CT molecular complexity index is 761. The molecule has 0 N–H and O–H groups in total. The standard InChI is InChI=1S/C19H28ClN3O3S/c1-2-9-21-10-4-3-8-18(21)19(24)22-11-13-23(14-12-22)27(25,26)17-7-5-6-16(20)15-17/h5-7,15,18H,2-4,8-14H2,1H3. The maximum absolute atomic E-state index is 13.0. The number of piperazine rings is 1. The van der Waals surface area contributed by atoms with E-state index in [2.05, 4.69) is 11.8 Å². The second-order valence-corrected chi connectivity index (χ2v) is 9.61. The minimum absolute atomic E-state index is 0.0465. The van der Waals surface area contributed by atoms with Gasteiger partial charge in [-0.25, -0.2) is 8.42 Å². The summed E-state index contributed by atoms with van der Waals surface area (Å²) in [7, 11) is -3.58. The summed E-state index contributed by atoms with van der Waals surface area (Å²) in [5.41, 5.74) is 0. The molecule has 0 spiro atoms. The number of nitrogens with zero attached hydrogens (tertiary/aromatic N) is 3. The van der Waals surface area contributed by atoms with Crippen molar-refractivity contribution >= 4 is 27.5 Å². The number of benzene rings is 1. The molecule has 150 valence electrons. The minimum atomic E-state index is -3.58. The van der Waals surface area contributed by atoms with E-state index in [9.17, 15) is 13.2 Å². The summed E-state index contributed by atoms with van der Waals surface area (Å²) in [6.07, 6.45) is 4.17. The molecule has 0 bridgehead atoms. The minimum Gasteiger partial charge on any atom is -0.339 e. The van der Waals surface area contributed by atoms with E-state index in [1.165, 1.54) is 10.4 Å². The summed E-state index contributed by atoms with van der Waals surface area (Å²) in [5.74, 6) is 0.156. The van der Waals surface area contributed by atoms with Crippen molar-refractivity contribution in [3.05, 3.63) is 29.3 Å². The summed E-state index contributed by atoms with van der Waals surface area (Å²) in [4.78, 5) is 17.3. The van der Waals surface area contributed by atoms with E-state index in [0.29, 0.717) is 31.2 Å². The molecule has 0 aliphatic carbocycles. The highest BCUT2D eigenvalue weighted by Gasteiger charge is 2.35. The van der Waals surface area contributed by atoms with Gasteiger partial charge in [-0.3, -0.25) is 9.69 Å². The van der Waals surface area contributed by atoms with Gasteiger partial charge in [-0.1, -0.05) is 31.0 Å². The first kappa shape index (κ1) is 20.6. The number of amides is 1. The fourth-order valence-corrected chi connectivity index (χ4v) is 5.69. The highest BCUT2D eigenvalue weighted by Crippen LogP contribution is 2.23. The third-order valence-corrected chi connectivity index (χ3v) is 7.52. The van der Waals surface area contributed by atoms with Crippen molar-refractivity contribution in [3.8, 4) is 0 Å². The van der Waals surface area contributed by atoms with Crippen molar-refractivity contribution in [1.29, 1.82) is 0 Å². The second-order valence-electron chi connectivity index (χ2n) is 7.23. The molecule has 2 saturated heterocycles. The summed E-state index contributed by atoms with van der Waals surface area (Å²) < 4.78 is 27.1. The van der Waals surface area contributed by atoms with Crippen LogP contribution in [-0.4, -0.2) is 73.7 Å². The van der Waals surface area contributed by atoms with Crippen molar-refractivity contribution in [2.24, 2.45) is 0 Å². The van der Waals surface area contributed by atoms with Gasteiger partial charge in [0.25, 0.3) is 0 Å². The van der Waals surface area contributed by atoms with Crippen molar-refractivity contribution in [3.63, 3.8) is 0 Å². The third kappa shape index (κ3) is 4.65. The Labute approximate surface area is 167 Å². The Balaban J connectivity index is 1.63. The number of piperidine rings is 1. The highest BCUT2D eigenvalue weighted by molar-refractivity contribution is 7.89. The molecule has 8 heteroatoms. The van der Waals surface area contributed by atoms with Gasteiger partial charge in [0, 0.05) is 31.2 Å². The monoisotopic (exact) mass is 413 g/mol. The van der Waals surface area contributed by atoms with Crippen LogP contribution in [-0.2, 0) is 14.8 Å². The van der Waals surface area contributed by atoms with Crippen molar-refractivity contribution in [2.75, 3.05) is 39.3 Å². The van der Waals surface area contributed by atoms with Crippen LogP contribution in [0.2, 0.25) is 5.02 Å². The zero-order valence-corrected chi connectivity index (χ0v) is 17.4. The molecule has 0 radical (unpaired) electrons. The van der Waals surface area contributed by atoms with Gasteiger partial charge in [0.2, 0.25) is 15.9 Å². The molecule has 1 amide bonds. The Hall–Kier alpha value is -1.15. The van der Waals surface area contributed by atoms with Crippen LogP contribution in [0.5, 0.6) is 0 Å². The molecule has 6 nitrogen and oxygen atoms in total. The number of rotatable bonds is 5. The lowest BCUT2D eigenvalue weighted by molar-refractivity contribution is -0.139. The molecule has 0 saturated carbocycles. The zero-order valence-electron chi connectivity index (χ0n) is 15.8. The maximum atomic E-state index is 13.0. The first-order valence-corrected chi connectivity index (χ1v) is 11.5. The number of halogens is 1. The van der Waals surface area contributed by atoms with Gasteiger partial charge in [-0.2, -0.15) is 4.31 Å². The van der Waals surface area contributed by atoms with Crippen LogP contribution in [0, 0.1) is 0 Å². The van der Waals surface area contributed by atoms with Gasteiger partial charge in [0.15, 0.2) is 0 Å². The molecule has 2 fully saturated rings. The predicted octanol–water partition coefficient (Wildman–Crippen LogP) is 2.44. The average Bonchev–Trinajstić information content (AvgIpc) is 2.68. The van der Waals surface area contributed by atoms with E-state index < -0.39 is 10.0 Å². The molecule has 1 atom stereocenters. The summed E-state index contributed by atoms with van der Waals surface area (Å²) in [6.45, 7) is 5.58. The molecule has 1 aromatic carbocycles. The molecule has 2 aliphatic heterocycles.